The zero-order chi connectivity index (χ0) is 46.8. The van der Waals surface area contributed by atoms with E-state index in [1.54, 1.807) is 0 Å². The van der Waals surface area contributed by atoms with Crippen molar-refractivity contribution in [1.29, 1.82) is 0 Å². The van der Waals surface area contributed by atoms with Crippen LogP contribution in [0.2, 0.25) is 0 Å². The molecule has 1 aliphatic heterocycles. The molecule has 0 radical (unpaired) electrons. The maximum Gasteiger partial charge on any atom is 0.481 e. The van der Waals surface area contributed by atoms with E-state index in [4.69, 9.17) is 24.0 Å². The normalized spacial score (nSPS) is 21.6. The number of Topliss-reactive ketones (excluding diaryl/α,β-unsaturated/α-hetero) is 1. The number of anilines is 1. The molecule has 1 aromatic carbocycles. The molecule has 4 rings (SSSR count). The summed E-state index contributed by atoms with van der Waals surface area (Å²) >= 11 is 2.31. The number of phosphoric ester groups is 3. The number of carbonyl (C=O) groups is 4. The number of nitrogens with two attached hydrogens (primary N) is 1. The van der Waals surface area contributed by atoms with Crippen LogP contribution < -0.4 is 16.4 Å². The van der Waals surface area contributed by atoms with Crippen molar-refractivity contribution in [2.45, 2.75) is 69.5 Å². The van der Waals surface area contributed by atoms with E-state index in [-0.39, 0.29) is 65.3 Å². The van der Waals surface area contributed by atoms with Gasteiger partial charge in [-0.05, 0) is 12.5 Å². The Morgan fingerprint density at radius 3 is 2.38 bits per heavy atom. The first-order valence-corrected chi connectivity index (χ1v) is 25.2. The van der Waals surface area contributed by atoms with Crippen LogP contribution in [0.25, 0.3) is 11.2 Å². The number of benzene rings is 1. The average Bonchev–Trinajstić information content (AvgIpc) is 3.74. The van der Waals surface area contributed by atoms with E-state index in [1.807, 2.05) is 30.3 Å². The second-order valence-electron chi connectivity index (χ2n) is 14.5. The fourth-order valence-electron chi connectivity index (χ4n) is 5.73. The molecule has 0 bridgehead atoms. The molecule has 0 saturated carbocycles. The third-order valence-corrected chi connectivity index (χ3v) is 14.0. The number of thioether (sulfide) groups is 2. The minimum atomic E-state index is -5.61. The summed E-state index contributed by atoms with van der Waals surface area (Å²) in [5.41, 5.74) is 3.32. The number of amides is 2. The lowest BCUT2D eigenvalue weighted by atomic mass is 9.87. The second-order valence-corrected chi connectivity index (χ2v) is 20.9. The number of rotatable bonds is 25. The van der Waals surface area contributed by atoms with E-state index in [0.717, 1.165) is 34.5 Å². The highest BCUT2D eigenvalue weighted by molar-refractivity contribution is 8.13. The second kappa shape index (κ2) is 22.3. The Labute approximate surface area is 368 Å². The third-order valence-electron chi connectivity index (χ3n) is 8.97. The van der Waals surface area contributed by atoms with Gasteiger partial charge in [0.1, 0.15) is 36.3 Å². The van der Waals surface area contributed by atoms with Gasteiger partial charge in [-0.25, -0.2) is 28.6 Å². The molecule has 0 aliphatic carbocycles. The first-order valence-electron chi connectivity index (χ1n) is 18.5. The summed E-state index contributed by atoms with van der Waals surface area (Å²) in [5.74, 6) is -0.720. The SMILES string of the molecule is CC(C)(COP(=O)(O)OP(=O)(O)OCC1OC(C)(n2cnc3c(N)ncnc32)C(O)C1OP(=O)(O)O)C(O)C(=O)NCCC(=O)NCCSC(=O)CC(=O)CSCc1ccccc1. The van der Waals surface area contributed by atoms with Crippen molar-refractivity contribution < 1.29 is 85.3 Å². The highest BCUT2D eigenvalue weighted by atomic mass is 32.2. The van der Waals surface area contributed by atoms with Gasteiger partial charge in [0.05, 0.1) is 31.7 Å². The Hall–Kier alpha value is -3.20. The number of hydrogen-bond acceptors (Lipinski definition) is 20. The highest BCUT2D eigenvalue weighted by Crippen LogP contribution is 2.61. The lowest BCUT2D eigenvalue weighted by molar-refractivity contribution is -0.137. The molecule has 0 spiro atoms. The number of aliphatic hydroxyl groups is 2. The number of nitrogen functional groups attached to an aromatic ring is 1. The van der Waals surface area contributed by atoms with Crippen LogP contribution in [0.5, 0.6) is 0 Å². The van der Waals surface area contributed by atoms with Gasteiger partial charge in [-0.15, -0.1) is 11.8 Å². The lowest BCUT2D eigenvalue weighted by Crippen LogP contribution is -2.46. The molecule has 2 aromatic heterocycles. The van der Waals surface area contributed by atoms with E-state index in [9.17, 15) is 62.7 Å². The summed E-state index contributed by atoms with van der Waals surface area (Å²) in [6.45, 7) is 1.50. The molecule has 7 unspecified atom stereocenters. The quantitative estimate of drug-likeness (QED) is 0.0321. The van der Waals surface area contributed by atoms with Crippen LogP contribution in [0, 0.1) is 5.41 Å². The van der Waals surface area contributed by atoms with Crippen molar-refractivity contribution in [2.75, 3.05) is 43.5 Å². The monoisotopic (exact) mass is 987 g/mol. The van der Waals surface area contributed by atoms with Gasteiger partial charge in [-0.3, -0.25) is 37.3 Å². The van der Waals surface area contributed by atoms with Crippen molar-refractivity contribution in [3.8, 4) is 0 Å². The number of carbonyl (C=O) groups excluding carboxylic acids is 4. The van der Waals surface area contributed by atoms with Crippen LogP contribution in [0.3, 0.4) is 0 Å². The van der Waals surface area contributed by atoms with Gasteiger partial charge in [-0.2, -0.15) is 4.31 Å². The van der Waals surface area contributed by atoms with Crippen molar-refractivity contribution >= 4 is 86.7 Å². The Morgan fingerprint density at radius 2 is 1.70 bits per heavy atom. The topological polar surface area (TPSA) is 381 Å². The molecule has 1 saturated heterocycles. The number of phosphoric acid groups is 3. The molecule has 25 nitrogen and oxygen atoms in total. The zero-order valence-electron chi connectivity index (χ0n) is 33.8. The molecule has 30 heteroatoms. The van der Waals surface area contributed by atoms with Crippen molar-refractivity contribution in [1.82, 2.24) is 30.2 Å². The van der Waals surface area contributed by atoms with Crippen LogP contribution >= 0.6 is 47.0 Å². The van der Waals surface area contributed by atoms with Gasteiger partial charge in [0, 0.05) is 36.4 Å². The summed E-state index contributed by atoms with van der Waals surface area (Å²) < 4.78 is 62.8. The summed E-state index contributed by atoms with van der Waals surface area (Å²) in [7, 11) is -16.5. The molecule has 2 amide bonds. The number of ketones is 1. The fourth-order valence-corrected chi connectivity index (χ4v) is 10.1. The molecule has 10 N–H and O–H groups in total. The zero-order valence-corrected chi connectivity index (χ0v) is 38.1. The molecule has 63 heavy (non-hydrogen) atoms. The van der Waals surface area contributed by atoms with Gasteiger partial charge < -0.3 is 50.9 Å². The van der Waals surface area contributed by atoms with E-state index >= 15 is 0 Å². The number of nitrogens with zero attached hydrogens (tertiary/aromatic N) is 4. The molecular weight excluding hydrogens is 939 g/mol. The minimum Gasteiger partial charge on any atom is -0.385 e. The van der Waals surface area contributed by atoms with Crippen LogP contribution in [0.4, 0.5) is 5.82 Å². The largest absolute Gasteiger partial charge is 0.481 e. The molecule has 3 aromatic rings. The van der Waals surface area contributed by atoms with E-state index < -0.39 is 84.1 Å². The Morgan fingerprint density at radius 1 is 1.02 bits per heavy atom. The molecule has 1 aliphatic rings. The van der Waals surface area contributed by atoms with Crippen molar-refractivity contribution in [3.05, 3.63) is 48.5 Å². The Balaban J connectivity index is 1.18. The number of aliphatic hydroxyl groups excluding tert-OH is 2. The number of fused-ring (bicyclic) bond motifs is 1. The summed E-state index contributed by atoms with van der Waals surface area (Å²) in [6.07, 6.45) is -5.86. The average molecular weight is 988 g/mol. The molecule has 1 fully saturated rings. The maximum atomic E-state index is 12.8. The lowest BCUT2D eigenvalue weighted by Gasteiger charge is -2.30. The number of imidazole rings is 1. The van der Waals surface area contributed by atoms with Gasteiger partial charge in [-0.1, -0.05) is 55.9 Å². The number of aromatic nitrogens is 4. The van der Waals surface area contributed by atoms with E-state index in [2.05, 4.69) is 29.9 Å². The Kier molecular flexibility index (Phi) is 18.6. The number of hydrogen-bond donors (Lipinski definition) is 9. The smallest absolute Gasteiger partial charge is 0.385 e. The van der Waals surface area contributed by atoms with Crippen molar-refractivity contribution in [3.63, 3.8) is 0 Å². The van der Waals surface area contributed by atoms with Gasteiger partial charge in [0.2, 0.25) is 11.8 Å². The summed E-state index contributed by atoms with van der Waals surface area (Å²) in [6, 6.07) is 9.57. The third kappa shape index (κ3) is 15.7. The first kappa shape index (κ1) is 52.4. The predicted molar refractivity (Wildman–Crippen MR) is 224 cm³/mol. The van der Waals surface area contributed by atoms with Gasteiger partial charge in [0.25, 0.3) is 0 Å². The summed E-state index contributed by atoms with van der Waals surface area (Å²) in [4.78, 5) is 101. The molecule has 7 atom stereocenters. The number of ether oxygens (including phenoxy) is 1. The van der Waals surface area contributed by atoms with Crippen LogP contribution in [0.1, 0.15) is 39.2 Å². The first-order chi connectivity index (χ1) is 29.3. The number of nitrogens with one attached hydrogen (secondary N) is 2. The van der Waals surface area contributed by atoms with Crippen LogP contribution in [-0.2, 0) is 67.0 Å². The van der Waals surface area contributed by atoms with Gasteiger partial charge in [0.15, 0.2) is 28.1 Å². The predicted octanol–water partition coefficient (Wildman–Crippen LogP) is 0.731. The van der Waals surface area contributed by atoms with Crippen molar-refractivity contribution in [2.24, 2.45) is 5.41 Å². The Bertz CT molecular complexity index is 2240. The van der Waals surface area contributed by atoms with Crippen LogP contribution in [-0.4, -0.2) is 134 Å². The van der Waals surface area contributed by atoms with E-state index in [1.165, 1.54) is 32.5 Å². The van der Waals surface area contributed by atoms with Crippen LogP contribution in [0.15, 0.2) is 43.0 Å². The molecule has 350 valence electrons. The van der Waals surface area contributed by atoms with Gasteiger partial charge >= 0.3 is 23.5 Å². The maximum absolute atomic E-state index is 12.8. The highest BCUT2D eigenvalue weighted by Gasteiger charge is 2.57. The van der Waals surface area contributed by atoms with E-state index in [0.29, 0.717) is 5.75 Å². The molecular formula is C33H48N7O18P3S2. The minimum absolute atomic E-state index is 0.0115. The fraction of sp³-hybridized carbons (Fsp3) is 0.545. The summed E-state index contributed by atoms with van der Waals surface area (Å²) in [5, 5.41) is 26.3. The molecule has 3 heterocycles. The standard InChI is InChI=1S/C33H48N7O18P3S2/c1-32(2,28(45)31(46)36-10-9-23(42)35-11-12-63-24(43)13-21(41)16-62-15-20-7-5-4-6-8-20)17-55-61(52,53)58-60(50,51)54-14-22-26(57-59(47,48)49)27(44)33(3,56-22)40-19-39-25-29(34)37-18-38-30(25)40/h4-8,18-19,22,26-28,44-45H,9-17H2,1-3H3,(H,35,42)(H,36,46)(H,50,51)(H,52,53)(H2,34,37,38)(H2,47,48,49).